The molecule has 0 saturated carbocycles. The van der Waals surface area contributed by atoms with Crippen LogP contribution >= 0.6 is 0 Å². The zero-order valence-electron chi connectivity index (χ0n) is 16.9. The molecule has 5 rings (SSSR count). The van der Waals surface area contributed by atoms with Crippen LogP contribution in [0.5, 0.6) is 0 Å². The van der Waals surface area contributed by atoms with Gasteiger partial charge in [0, 0.05) is 18.7 Å². The van der Waals surface area contributed by atoms with Gasteiger partial charge in [-0.15, -0.1) is 5.10 Å². The quantitative estimate of drug-likeness (QED) is 0.555. The van der Waals surface area contributed by atoms with E-state index < -0.39 is 6.10 Å². The van der Waals surface area contributed by atoms with Crippen LogP contribution in [0.2, 0.25) is 0 Å². The topological polar surface area (TPSA) is 71.2 Å². The van der Waals surface area contributed by atoms with Crippen LogP contribution in [0, 0.1) is 0 Å². The molecule has 154 valence electrons. The molecule has 0 unspecified atom stereocenters. The maximum absolute atomic E-state index is 13.0. The van der Waals surface area contributed by atoms with Gasteiger partial charge in [-0.2, -0.15) is 0 Å². The molecule has 1 fully saturated rings. The van der Waals surface area contributed by atoms with E-state index in [9.17, 15) is 9.90 Å². The fraction of sp³-hybridized carbons (Fsp3) is 0.160. The van der Waals surface area contributed by atoms with E-state index in [-0.39, 0.29) is 5.91 Å². The van der Waals surface area contributed by atoms with Crippen molar-refractivity contribution < 1.29 is 9.90 Å². The van der Waals surface area contributed by atoms with Crippen LogP contribution in [0.1, 0.15) is 16.8 Å². The van der Waals surface area contributed by atoms with Crippen LogP contribution in [0.3, 0.4) is 0 Å². The van der Waals surface area contributed by atoms with Crippen LogP contribution in [0.4, 0.5) is 0 Å². The predicted molar refractivity (Wildman–Crippen MR) is 119 cm³/mol. The molecule has 3 aromatic carbocycles. The van der Waals surface area contributed by atoms with Crippen molar-refractivity contribution in [2.24, 2.45) is 0 Å². The molecule has 0 bridgehead atoms. The van der Waals surface area contributed by atoms with E-state index in [1.807, 2.05) is 54.7 Å². The first-order valence-corrected chi connectivity index (χ1v) is 10.3. The molecule has 1 saturated heterocycles. The third-order valence-electron chi connectivity index (χ3n) is 5.61. The molecule has 4 aromatic rings. The second-order valence-electron chi connectivity index (χ2n) is 7.70. The van der Waals surface area contributed by atoms with E-state index in [0.717, 1.165) is 22.4 Å². The van der Waals surface area contributed by atoms with Crippen molar-refractivity contribution in [3.63, 3.8) is 0 Å². The number of likely N-dealkylation sites (tertiary alicyclic amines) is 1. The first-order valence-electron chi connectivity index (χ1n) is 10.3. The lowest BCUT2D eigenvalue weighted by atomic mass is 10.0. The van der Waals surface area contributed by atoms with Gasteiger partial charge in [0.1, 0.15) is 5.69 Å². The SMILES string of the molecule is O=C(c1ccccc1-n1cc(-c2ccc(-c3ccccc3)cc2)nn1)N1CC[C@@H](O)C1. The Morgan fingerprint density at radius 3 is 2.29 bits per heavy atom. The van der Waals surface area contributed by atoms with Gasteiger partial charge in [0.25, 0.3) is 5.91 Å². The molecule has 1 aliphatic heterocycles. The molecule has 1 atom stereocenters. The monoisotopic (exact) mass is 410 g/mol. The Morgan fingerprint density at radius 2 is 1.55 bits per heavy atom. The highest BCUT2D eigenvalue weighted by atomic mass is 16.3. The van der Waals surface area contributed by atoms with Crippen LogP contribution in [0.15, 0.2) is 85.1 Å². The van der Waals surface area contributed by atoms with Gasteiger partial charge in [0.05, 0.1) is 23.6 Å². The molecule has 6 heteroatoms. The summed E-state index contributed by atoms with van der Waals surface area (Å²) in [6, 6.07) is 25.8. The minimum absolute atomic E-state index is 0.101. The van der Waals surface area contributed by atoms with Crippen LogP contribution in [-0.4, -0.2) is 50.1 Å². The molecule has 1 aliphatic rings. The maximum Gasteiger partial charge on any atom is 0.256 e. The highest BCUT2D eigenvalue weighted by molar-refractivity contribution is 5.98. The van der Waals surface area contributed by atoms with Crippen molar-refractivity contribution in [2.75, 3.05) is 13.1 Å². The summed E-state index contributed by atoms with van der Waals surface area (Å²) in [7, 11) is 0. The Balaban J connectivity index is 1.42. The van der Waals surface area contributed by atoms with Gasteiger partial charge in [0.15, 0.2) is 0 Å². The molecule has 0 spiro atoms. The number of β-amino-alcohol motifs (C(OH)–C–C–N with tert-alkyl or cyclic N) is 1. The Bertz CT molecular complexity index is 1200. The van der Waals surface area contributed by atoms with E-state index in [1.165, 1.54) is 0 Å². The van der Waals surface area contributed by atoms with Gasteiger partial charge in [-0.1, -0.05) is 71.9 Å². The number of aromatic nitrogens is 3. The molecule has 1 amide bonds. The van der Waals surface area contributed by atoms with Crippen molar-refractivity contribution >= 4 is 5.91 Å². The number of rotatable bonds is 4. The fourth-order valence-corrected chi connectivity index (χ4v) is 3.93. The highest BCUT2D eigenvalue weighted by Gasteiger charge is 2.27. The molecule has 6 nitrogen and oxygen atoms in total. The minimum atomic E-state index is -0.451. The normalized spacial score (nSPS) is 15.9. The Kier molecular flexibility index (Phi) is 5.06. The second kappa shape index (κ2) is 8.16. The Hall–Kier alpha value is -3.77. The molecule has 0 radical (unpaired) electrons. The number of hydrogen-bond donors (Lipinski definition) is 1. The first kappa shape index (κ1) is 19.2. The number of hydrogen-bond acceptors (Lipinski definition) is 4. The third kappa shape index (κ3) is 3.85. The molecule has 1 aromatic heterocycles. The van der Waals surface area contributed by atoms with Crippen molar-refractivity contribution in [3.05, 3.63) is 90.6 Å². The molecule has 0 aliphatic carbocycles. The summed E-state index contributed by atoms with van der Waals surface area (Å²) in [5.41, 5.74) is 5.22. The Morgan fingerprint density at radius 1 is 0.871 bits per heavy atom. The zero-order chi connectivity index (χ0) is 21.2. The third-order valence-corrected chi connectivity index (χ3v) is 5.61. The Labute approximate surface area is 180 Å². The summed E-state index contributed by atoms with van der Waals surface area (Å²) in [6.07, 6.45) is 2.00. The van der Waals surface area contributed by atoms with E-state index in [0.29, 0.717) is 30.8 Å². The molecule has 2 heterocycles. The van der Waals surface area contributed by atoms with E-state index in [1.54, 1.807) is 15.6 Å². The average molecular weight is 410 g/mol. The molecular weight excluding hydrogens is 388 g/mol. The summed E-state index contributed by atoms with van der Waals surface area (Å²) in [6.45, 7) is 0.925. The molecule has 31 heavy (non-hydrogen) atoms. The number of amides is 1. The van der Waals surface area contributed by atoms with E-state index >= 15 is 0 Å². The van der Waals surface area contributed by atoms with Gasteiger partial charge in [-0.25, -0.2) is 4.68 Å². The van der Waals surface area contributed by atoms with Gasteiger partial charge in [-0.3, -0.25) is 4.79 Å². The average Bonchev–Trinajstić information content (AvgIpc) is 3.49. The van der Waals surface area contributed by atoms with Crippen LogP contribution in [0.25, 0.3) is 28.1 Å². The number of aliphatic hydroxyl groups excluding tert-OH is 1. The van der Waals surface area contributed by atoms with E-state index in [2.05, 4.69) is 34.6 Å². The van der Waals surface area contributed by atoms with Gasteiger partial charge in [-0.05, 0) is 29.7 Å². The van der Waals surface area contributed by atoms with Crippen LogP contribution in [-0.2, 0) is 0 Å². The minimum Gasteiger partial charge on any atom is -0.391 e. The number of nitrogens with zero attached hydrogens (tertiary/aromatic N) is 4. The predicted octanol–water partition coefficient (Wildman–Crippen LogP) is 3.81. The van der Waals surface area contributed by atoms with Gasteiger partial charge < -0.3 is 10.0 Å². The van der Waals surface area contributed by atoms with Crippen molar-refractivity contribution in [1.82, 2.24) is 19.9 Å². The second-order valence-corrected chi connectivity index (χ2v) is 7.70. The van der Waals surface area contributed by atoms with Crippen LogP contribution < -0.4 is 0 Å². The van der Waals surface area contributed by atoms with Crippen molar-refractivity contribution in [1.29, 1.82) is 0 Å². The summed E-state index contributed by atoms with van der Waals surface area (Å²) in [5, 5.41) is 18.4. The number of carbonyl (C=O) groups excluding carboxylic acids is 1. The smallest absolute Gasteiger partial charge is 0.256 e. The summed E-state index contributed by atoms with van der Waals surface area (Å²) in [4.78, 5) is 14.7. The van der Waals surface area contributed by atoms with Gasteiger partial charge >= 0.3 is 0 Å². The summed E-state index contributed by atoms with van der Waals surface area (Å²) >= 11 is 0. The summed E-state index contributed by atoms with van der Waals surface area (Å²) < 4.78 is 1.64. The molecule has 1 N–H and O–H groups in total. The van der Waals surface area contributed by atoms with Crippen molar-refractivity contribution in [3.8, 4) is 28.1 Å². The summed E-state index contributed by atoms with van der Waals surface area (Å²) in [5.74, 6) is -0.101. The lowest BCUT2D eigenvalue weighted by molar-refractivity contribution is 0.0765. The largest absolute Gasteiger partial charge is 0.391 e. The lowest BCUT2D eigenvalue weighted by Gasteiger charge is -2.17. The zero-order valence-corrected chi connectivity index (χ0v) is 16.9. The van der Waals surface area contributed by atoms with Crippen molar-refractivity contribution in [2.45, 2.75) is 12.5 Å². The lowest BCUT2D eigenvalue weighted by Crippen LogP contribution is -2.30. The fourth-order valence-electron chi connectivity index (χ4n) is 3.93. The standard InChI is InChI=1S/C25H22N4O2/c30-21-14-15-28(16-21)25(31)22-8-4-5-9-24(22)29-17-23(26-27-29)20-12-10-19(11-13-20)18-6-2-1-3-7-18/h1-13,17,21,30H,14-16H2/t21-/m1/s1. The number of carbonyl (C=O) groups is 1. The molecular formula is C25H22N4O2. The highest BCUT2D eigenvalue weighted by Crippen LogP contribution is 2.25. The first-order chi connectivity index (χ1) is 15.2. The number of benzene rings is 3. The maximum atomic E-state index is 13.0. The number of para-hydroxylation sites is 1. The van der Waals surface area contributed by atoms with Gasteiger partial charge in [0.2, 0.25) is 0 Å². The van der Waals surface area contributed by atoms with E-state index in [4.69, 9.17) is 0 Å². The number of aliphatic hydroxyl groups is 1.